The Hall–Kier alpha value is -4.41. The minimum atomic E-state index is -0.822. The molecule has 0 bridgehead atoms. The summed E-state index contributed by atoms with van der Waals surface area (Å²) < 4.78 is 38.2. The van der Waals surface area contributed by atoms with E-state index in [1.165, 1.54) is 35.1 Å². The van der Waals surface area contributed by atoms with Gasteiger partial charge in [-0.2, -0.15) is 0 Å². The number of carbonyl (C=O) groups is 1. The van der Waals surface area contributed by atoms with Gasteiger partial charge in [-0.15, -0.1) is 0 Å². The first kappa shape index (κ1) is 32.0. The Labute approximate surface area is 268 Å². The Morgan fingerprint density at radius 1 is 1.13 bits per heavy atom. The minimum Gasteiger partial charge on any atom is -0.493 e. The first-order valence-electron chi connectivity index (χ1n) is 14.3. The molecule has 1 atom stereocenters. The van der Waals surface area contributed by atoms with E-state index in [0.29, 0.717) is 43.4 Å². The topological polar surface area (TPSA) is 88.4 Å². The maximum absolute atomic E-state index is 14.1. The summed E-state index contributed by atoms with van der Waals surface area (Å²) in [4.78, 5) is 32.5. The molecule has 0 unspecified atom stereocenters. The highest BCUT2D eigenvalue weighted by atomic mass is 35.5. The van der Waals surface area contributed by atoms with Crippen LogP contribution in [0.15, 0.2) is 81.7 Å². The molecule has 0 N–H and O–H groups in total. The van der Waals surface area contributed by atoms with Crippen LogP contribution in [0.2, 0.25) is 5.02 Å². The van der Waals surface area contributed by atoms with Crippen molar-refractivity contribution >= 4 is 35.0 Å². The quantitative estimate of drug-likeness (QED) is 0.197. The van der Waals surface area contributed by atoms with Crippen molar-refractivity contribution in [3.8, 4) is 17.2 Å². The first-order chi connectivity index (χ1) is 21.6. The van der Waals surface area contributed by atoms with E-state index in [4.69, 9.17) is 30.5 Å². The predicted octanol–water partition coefficient (Wildman–Crippen LogP) is 5.97. The summed E-state index contributed by atoms with van der Waals surface area (Å²) in [6.07, 6.45) is 1.55. The lowest BCUT2D eigenvalue weighted by atomic mass is 9.95. The van der Waals surface area contributed by atoms with E-state index in [0.717, 1.165) is 5.56 Å². The standard InChI is InChI=1S/C34H32ClFN2O6S/c1-6-42-33(40)29-20(4)37-34-38(30(29)24-9-7-8-10-26(24)44-19(2)3)32(39)28(45-34)17-22-15-25(35)31(27(16-22)41-5)43-18-21-11-13-23(36)14-12-21/h7-17,19,30H,6,18H2,1-5H3/b28-17+/t30-/m0/s1. The van der Waals surface area contributed by atoms with Crippen molar-refractivity contribution in [3.05, 3.63) is 119 Å². The van der Waals surface area contributed by atoms with Gasteiger partial charge in [-0.1, -0.05) is 53.3 Å². The van der Waals surface area contributed by atoms with Gasteiger partial charge in [-0.25, -0.2) is 14.2 Å². The number of thiazole rings is 1. The molecule has 5 rings (SSSR count). The molecule has 8 nitrogen and oxygen atoms in total. The lowest BCUT2D eigenvalue weighted by Crippen LogP contribution is -2.40. The zero-order valence-electron chi connectivity index (χ0n) is 25.4. The van der Waals surface area contributed by atoms with Gasteiger partial charge >= 0.3 is 5.97 Å². The molecule has 0 aliphatic carbocycles. The number of fused-ring (bicyclic) bond motifs is 1. The Morgan fingerprint density at radius 3 is 2.56 bits per heavy atom. The number of halogens is 2. The smallest absolute Gasteiger partial charge is 0.338 e. The van der Waals surface area contributed by atoms with Gasteiger partial charge in [0.2, 0.25) is 0 Å². The molecule has 1 aliphatic heterocycles. The monoisotopic (exact) mass is 650 g/mol. The molecule has 234 valence electrons. The van der Waals surface area contributed by atoms with Crippen molar-refractivity contribution in [1.29, 1.82) is 0 Å². The maximum Gasteiger partial charge on any atom is 0.338 e. The van der Waals surface area contributed by atoms with Crippen LogP contribution in [0.4, 0.5) is 4.39 Å². The van der Waals surface area contributed by atoms with Crippen molar-refractivity contribution < 1.29 is 28.1 Å². The van der Waals surface area contributed by atoms with Crippen LogP contribution >= 0.6 is 22.9 Å². The summed E-state index contributed by atoms with van der Waals surface area (Å²) in [6, 6.07) is 15.9. The number of hydrogen-bond donors (Lipinski definition) is 0. The lowest BCUT2D eigenvalue weighted by molar-refractivity contribution is -0.139. The number of allylic oxidation sites excluding steroid dienone is 1. The molecule has 0 fully saturated rings. The van der Waals surface area contributed by atoms with Crippen LogP contribution in [0, 0.1) is 5.82 Å². The Morgan fingerprint density at radius 2 is 1.87 bits per heavy atom. The van der Waals surface area contributed by atoms with E-state index in [1.54, 1.807) is 44.2 Å². The molecular weight excluding hydrogens is 619 g/mol. The Kier molecular flexibility index (Phi) is 9.74. The second-order valence-electron chi connectivity index (χ2n) is 10.5. The summed E-state index contributed by atoms with van der Waals surface area (Å²) in [5.41, 5.74) is 2.37. The Bertz CT molecular complexity index is 1950. The molecule has 4 aromatic rings. The molecule has 0 saturated carbocycles. The highest BCUT2D eigenvalue weighted by Gasteiger charge is 2.35. The van der Waals surface area contributed by atoms with E-state index in [2.05, 4.69) is 4.99 Å². The van der Waals surface area contributed by atoms with Crippen molar-refractivity contribution in [3.63, 3.8) is 0 Å². The van der Waals surface area contributed by atoms with Crippen molar-refractivity contribution in [1.82, 2.24) is 4.57 Å². The number of nitrogens with zero attached hydrogens (tertiary/aromatic N) is 2. The number of aromatic nitrogens is 1. The van der Waals surface area contributed by atoms with Crippen LogP contribution in [0.25, 0.3) is 6.08 Å². The van der Waals surface area contributed by atoms with Crippen LogP contribution in [0.5, 0.6) is 17.2 Å². The fourth-order valence-corrected chi connectivity index (χ4v) is 6.32. The molecule has 3 aromatic carbocycles. The summed E-state index contributed by atoms with van der Waals surface area (Å²) in [5, 5.41) is 0.272. The lowest BCUT2D eigenvalue weighted by Gasteiger charge is -2.26. The van der Waals surface area contributed by atoms with Crippen molar-refractivity contribution in [2.45, 2.75) is 46.4 Å². The summed E-state index contributed by atoms with van der Waals surface area (Å²) >= 11 is 7.81. The third-order valence-corrected chi connectivity index (χ3v) is 8.20. The van der Waals surface area contributed by atoms with Crippen molar-refractivity contribution in [2.75, 3.05) is 13.7 Å². The van der Waals surface area contributed by atoms with E-state index in [-0.39, 0.29) is 41.3 Å². The molecule has 0 radical (unpaired) electrons. The van der Waals surface area contributed by atoms with Gasteiger partial charge in [0.05, 0.1) is 40.6 Å². The van der Waals surface area contributed by atoms with Crippen LogP contribution in [0.1, 0.15) is 50.4 Å². The number of para-hydroxylation sites is 1. The molecule has 11 heteroatoms. The number of hydrogen-bond acceptors (Lipinski definition) is 8. The van der Waals surface area contributed by atoms with Crippen LogP contribution in [-0.2, 0) is 16.1 Å². The molecule has 45 heavy (non-hydrogen) atoms. The normalized spacial score (nSPS) is 14.7. The summed E-state index contributed by atoms with van der Waals surface area (Å²) in [6.45, 7) is 7.60. The molecule has 1 aliphatic rings. The van der Waals surface area contributed by atoms with E-state index in [9.17, 15) is 14.0 Å². The minimum absolute atomic E-state index is 0.138. The fraction of sp³-hybridized carbons (Fsp3) is 0.265. The van der Waals surface area contributed by atoms with Gasteiger partial charge < -0.3 is 18.9 Å². The number of ether oxygens (including phenoxy) is 4. The third-order valence-electron chi connectivity index (χ3n) is 6.94. The van der Waals surface area contributed by atoms with Gasteiger partial charge in [0.25, 0.3) is 5.56 Å². The van der Waals surface area contributed by atoms with Gasteiger partial charge in [-0.05, 0) is 75.2 Å². The van der Waals surface area contributed by atoms with Crippen LogP contribution in [-0.4, -0.2) is 30.4 Å². The number of rotatable bonds is 10. The predicted molar refractivity (Wildman–Crippen MR) is 171 cm³/mol. The largest absolute Gasteiger partial charge is 0.493 e. The average Bonchev–Trinajstić information content (AvgIpc) is 3.30. The number of esters is 1. The third kappa shape index (κ3) is 6.82. The first-order valence-corrected chi connectivity index (χ1v) is 15.5. The molecule has 1 aromatic heterocycles. The van der Waals surface area contributed by atoms with E-state index < -0.39 is 12.0 Å². The van der Waals surface area contributed by atoms with Gasteiger partial charge in [0.15, 0.2) is 16.3 Å². The number of methoxy groups -OCH3 is 1. The zero-order valence-corrected chi connectivity index (χ0v) is 27.0. The summed E-state index contributed by atoms with van der Waals surface area (Å²) in [7, 11) is 1.49. The van der Waals surface area contributed by atoms with E-state index >= 15 is 0 Å². The van der Waals surface area contributed by atoms with Gasteiger partial charge in [0, 0.05) is 5.56 Å². The van der Waals surface area contributed by atoms with E-state index in [1.807, 2.05) is 38.1 Å². The van der Waals surface area contributed by atoms with Crippen molar-refractivity contribution in [2.24, 2.45) is 4.99 Å². The molecular formula is C34H32ClFN2O6S. The second-order valence-corrected chi connectivity index (χ2v) is 11.9. The SMILES string of the molecule is CCOC(=O)C1=C(C)N=c2s/c(=C/c3cc(Cl)c(OCc4ccc(F)cc4)c(OC)c3)c(=O)n2[C@H]1c1ccccc1OC(C)C. The molecule has 0 spiro atoms. The number of carbonyl (C=O) groups excluding carboxylic acids is 1. The van der Waals surface area contributed by atoms with Crippen LogP contribution in [0.3, 0.4) is 0 Å². The summed E-state index contributed by atoms with van der Waals surface area (Å²) in [5.74, 6) is 0.345. The number of benzene rings is 3. The molecule has 0 amide bonds. The molecule has 2 heterocycles. The second kappa shape index (κ2) is 13.7. The fourth-order valence-electron chi connectivity index (χ4n) is 5.00. The maximum atomic E-state index is 14.1. The van der Waals surface area contributed by atoms with Crippen LogP contribution < -0.4 is 29.1 Å². The highest BCUT2D eigenvalue weighted by Crippen LogP contribution is 2.38. The molecule has 0 saturated heterocycles. The average molecular weight is 651 g/mol. The van der Waals surface area contributed by atoms with Gasteiger partial charge in [0.1, 0.15) is 24.2 Å². The zero-order chi connectivity index (χ0) is 32.2. The highest BCUT2D eigenvalue weighted by molar-refractivity contribution is 7.07. The Balaban J connectivity index is 1.60. The van der Waals surface area contributed by atoms with Gasteiger partial charge in [-0.3, -0.25) is 9.36 Å².